The Morgan fingerprint density at radius 1 is 1.00 bits per heavy atom. The summed E-state index contributed by atoms with van der Waals surface area (Å²) >= 11 is 0. The Kier molecular flexibility index (Phi) is 3.86. The minimum Gasteiger partial charge on any atom is -0.515 e. The normalized spacial score (nSPS) is 15.6. The SMILES string of the molecule is COc1cc2c3c(ccc2c(OC)c1OC)C(=O)/C(=C\O)CC3. The van der Waals surface area contributed by atoms with Crippen molar-refractivity contribution in [2.75, 3.05) is 21.3 Å². The maximum Gasteiger partial charge on any atom is 0.203 e. The molecular weight excluding hydrogens is 296 g/mol. The van der Waals surface area contributed by atoms with E-state index in [0.29, 0.717) is 41.2 Å². The molecule has 0 heterocycles. The fraction of sp³-hybridized carbons (Fsp3) is 0.278. The highest BCUT2D eigenvalue weighted by Gasteiger charge is 2.26. The highest BCUT2D eigenvalue weighted by atomic mass is 16.5. The molecular formula is C18H18O5. The topological polar surface area (TPSA) is 65.0 Å². The maximum absolute atomic E-state index is 12.4. The lowest BCUT2D eigenvalue weighted by Gasteiger charge is -2.21. The van der Waals surface area contributed by atoms with Gasteiger partial charge in [-0.3, -0.25) is 4.79 Å². The Balaban J connectivity index is 2.35. The van der Waals surface area contributed by atoms with E-state index in [4.69, 9.17) is 14.2 Å². The van der Waals surface area contributed by atoms with Crippen molar-refractivity contribution < 1.29 is 24.1 Å². The van der Waals surface area contributed by atoms with Crippen molar-refractivity contribution in [2.24, 2.45) is 0 Å². The van der Waals surface area contributed by atoms with Crippen molar-refractivity contribution in [3.63, 3.8) is 0 Å². The molecule has 1 aliphatic rings. The molecule has 0 spiro atoms. The number of rotatable bonds is 3. The van der Waals surface area contributed by atoms with Crippen molar-refractivity contribution in [1.82, 2.24) is 0 Å². The van der Waals surface area contributed by atoms with Crippen LogP contribution in [0.3, 0.4) is 0 Å². The third-order valence-electron chi connectivity index (χ3n) is 4.27. The van der Waals surface area contributed by atoms with Crippen LogP contribution < -0.4 is 14.2 Å². The molecule has 0 amide bonds. The van der Waals surface area contributed by atoms with Gasteiger partial charge in [0.1, 0.15) is 0 Å². The van der Waals surface area contributed by atoms with Crippen LogP contribution in [-0.4, -0.2) is 32.2 Å². The molecule has 1 aliphatic carbocycles. The Labute approximate surface area is 134 Å². The number of carbonyl (C=O) groups excluding carboxylic acids is 1. The van der Waals surface area contributed by atoms with Crippen molar-refractivity contribution in [3.05, 3.63) is 41.2 Å². The van der Waals surface area contributed by atoms with Gasteiger partial charge in [-0.25, -0.2) is 0 Å². The third kappa shape index (κ3) is 2.20. The largest absolute Gasteiger partial charge is 0.515 e. The van der Waals surface area contributed by atoms with Gasteiger partial charge in [-0.2, -0.15) is 0 Å². The van der Waals surface area contributed by atoms with Gasteiger partial charge in [0, 0.05) is 16.5 Å². The highest BCUT2D eigenvalue weighted by molar-refractivity contribution is 6.14. The van der Waals surface area contributed by atoms with Gasteiger partial charge in [0.25, 0.3) is 0 Å². The van der Waals surface area contributed by atoms with Crippen LogP contribution in [0.4, 0.5) is 0 Å². The van der Waals surface area contributed by atoms with Crippen LogP contribution in [0.15, 0.2) is 30.0 Å². The van der Waals surface area contributed by atoms with E-state index < -0.39 is 0 Å². The first-order chi connectivity index (χ1) is 11.2. The van der Waals surface area contributed by atoms with Crippen LogP contribution in [0.25, 0.3) is 10.8 Å². The molecule has 0 aliphatic heterocycles. The van der Waals surface area contributed by atoms with Gasteiger partial charge in [0.15, 0.2) is 17.3 Å². The molecule has 2 aromatic carbocycles. The number of hydrogen-bond donors (Lipinski definition) is 1. The van der Waals surface area contributed by atoms with Crippen molar-refractivity contribution in [2.45, 2.75) is 12.8 Å². The molecule has 120 valence electrons. The Morgan fingerprint density at radius 3 is 2.35 bits per heavy atom. The summed E-state index contributed by atoms with van der Waals surface area (Å²) in [5.41, 5.74) is 1.99. The summed E-state index contributed by atoms with van der Waals surface area (Å²) in [6.07, 6.45) is 2.09. The van der Waals surface area contributed by atoms with E-state index >= 15 is 0 Å². The fourth-order valence-corrected chi connectivity index (χ4v) is 3.16. The number of ether oxygens (including phenoxy) is 3. The Bertz CT molecular complexity index is 820. The zero-order valence-electron chi connectivity index (χ0n) is 13.3. The number of methoxy groups -OCH3 is 3. The Hall–Kier alpha value is -2.69. The first-order valence-electron chi connectivity index (χ1n) is 7.28. The van der Waals surface area contributed by atoms with Gasteiger partial charge in [-0.1, -0.05) is 0 Å². The maximum atomic E-state index is 12.4. The standard InChI is InChI=1S/C18H18O5/c1-21-15-8-14-11-5-4-10(9-19)16(20)12(11)6-7-13(14)17(22-2)18(15)23-3/h6-9,19H,4-5H2,1-3H3/b10-9-. The molecule has 0 aromatic heterocycles. The van der Waals surface area contributed by atoms with E-state index in [9.17, 15) is 9.90 Å². The smallest absolute Gasteiger partial charge is 0.203 e. The second-order valence-electron chi connectivity index (χ2n) is 5.32. The number of ketones is 1. The molecule has 0 fully saturated rings. The lowest BCUT2D eigenvalue weighted by Crippen LogP contribution is -2.14. The van der Waals surface area contributed by atoms with E-state index in [1.54, 1.807) is 27.4 Å². The van der Waals surface area contributed by atoms with Crippen LogP contribution in [0.2, 0.25) is 0 Å². The van der Waals surface area contributed by atoms with Gasteiger partial charge < -0.3 is 19.3 Å². The molecule has 0 unspecified atom stereocenters. The number of fused-ring (bicyclic) bond motifs is 3. The van der Waals surface area contributed by atoms with Crippen LogP contribution >= 0.6 is 0 Å². The lowest BCUT2D eigenvalue weighted by atomic mass is 9.84. The summed E-state index contributed by atoms with van der Waals surface area (Å²) in [5.74, 6) is 1.53. The predicted molar refractivity (Wildman–Crippen MR) is 87.0 cm³/mol. The summed E-state index contributed by atoms with van der Waals surface area (Å²) < 4.78 is 16.3. The van der Waals surface area contributed by atoms with Crippen molar-refractivity contribution in [3.8, 4) is 17.2 Å². The number of benzene rings is 2. The van der Waals surface area contributed by atoms with Crippen LogP contribution in [-0.2, 0) is 6.42 Å². The summed E-state index contributed by atoms with van der Waals surface area (Å²) in [6.45, 7) is 0. The highest BCUT2D eigenvalue weighted by Crippen LogP contribution is 2.45. The zero-order valence-corrected chi connectivity index (χ0v) is 13.3. The predicted octanol–water partition coefficient (Wildman–Crippen LogP) is 3.44. The number of Topliss-reactive ketones (excluding diaryl/α,β-unsaturated/α-hetero) is 1. The number of aliphatic hydroxyl groups excluding tert-OH is 1. The number of aliphatic hydroxyl groups is 1. The number of hydrogen-bond acceptors (Lipinski definition) is 5. The monoisotopic (exact) mass is 314 g/mol. The van der Waals surface area contributed by atoms with Crippen LogP contribution in [0, 0.1) is 0 Å². The van der Waals surface area contributed by atoms with E-state index in [1.807, 2.05) is 12.1 Å². The van der Waals surface area contributed by atoms with E-state index in [0.717, 1.165) is 22.6 Å². The molecule has 3 rings (SSSR count). The molecule has 0 saturated carbocycles. The van der Waals surface area contributed by atoms with E-state index in [-0.39, 0.29) is 5.78 Å². The quantitative estimate of drug-likeness (QED) is 0.694. The minimum absolute atomic E-state index is 0.135. The fourth-order valence-electron chi connectivity index (χ4n) is 3.16. The van der Waals surface area contributed by atoms with E-state index in [2.05, 4.69) is 0 Å². The third-order valence-corrected chi connectivity index (χ3v) is 4.27. The molecule has 0 atom stereocenters. The van der Waals surface area contributed by atoms with Crippen molar-refractivity contribution >= 4 is 16.6 Å². The average Bonchev–Trinajstić information content (AvgIpc) is 2.59. The van der Waals surface area contributed by atoms with Crippen molar-refractivity contribution in [1.29, 1.82) is 0 Å². The molecule has 0 bridgehead atoms. The molecule has 1 N–H and O–H groups in total. The first kappa shape index (κ1) is 15.2. The number of carbonyl (C=O) groups is 1. The van der Waals surface area contributed by atoms with Gasteiger partial charge in [-0.15, -0.1) is 0 Å². The number of allylic oxidation sites excluding steroid dienone is 1. The molecule has 0 radical (unpaired) electrons. The second-order valence-corrected chi connectivity index (χ2v) is 5.32. The van der Waals surface area contributed by atoms with Gasteiger partial charge >= 0.3 is 0 Å². The van der Waals surface area contributed by atoms with Gasteiger partial charge in [0.05, 0.1) is 27.6 Å². The lowest BCUT2D eigenvalue weighted by molar-refractivity contribution is 0.102. The van der Waals surface area contributed by atoms with Gasteiger partial charge in [0.2, 0.25) is 5.75 Å². The first-order valence-corrected chi connectivity index (χ1v) is 7.28. The second kappa shape index (κ2) is 5.83. The summed E-state index contributed by atoms with van der Waals surface area (Å²) in [5, 5.41) is 11.0. The molecule has 2 aromatic rings. The molecule has 5 heteroatoms. The number of aryl methyl sites for hydroxylation is 1. The molecule has 5 nitrogen and oxygen atoms in total. The van der Waals surface area contributed by atoms with E-state index in [1.165, 1.54) is 0 Å². The summed E-state index contributed by atoms with van der Waals surface area (Å²) in [6, 6.07) is 5.49. The summed E-state index contributed by atoms with van der Waals surface area (Å²) in [7, 11) is 4.71. The molecule has 0 saturated heterocycles. The Morgan fingerprint density at radius 2 is 1.74 bits per heavy atom. The minimum atomic E-state index is -0.135. The van der Waals surface area contributed by atoms with Crippen LogP contribution in [0.1, 0.15) is 22.3 Å². The average molecular weight is 314 g/mol. The molecule has 23 heavy (non-hydrogen) atoms. The zero-order chi connectivity index (χ0) is 16.6. The van der Waals surface area contributed by atoms with Crippen LogP contribution in [0.5, 0.6) is 17.2 Å². The summed E-state index contributed by atoms with van der Waals surface area (Å²) in [4.78, 5) is 12.4. The van der Waals surface area contributed by atoms with Gasteiger partial charge in [-0.05, 0) is 42.0 Å².